The zero-order chi connectivity index (χ0) is 21.1. The highest BCUT2D eigenvalue weighted by Crippen LogP contribution is 2.18. The Morgan fingerprint density at radius 2 is 2.00 bits per heavy atom. The molecule has 0 spiro atoms. The van der Waals surface area contributed by atoms with Gasteiger partial charge in [-0.15, -0.1) is 0 Å². The van der Waals surface area contributed by atoms with Gasteiger partial charge in [0.25, 0.3) is 0 Å². The number of hydrogen-bond donors (Lipinski definition) is 2. The van der Waals surface area contributed by atoms with E-state index in [9.17, 15) is 9.59 Å². The van der Waals surface area contributed by atoms with Crippen molar-refractivity contribution in [2.45, 2.75) is 45.9 Å². The smallest absolute Gasteiger partial charge is 0.249 e. The Bertz CT molecular complexity index is 1080. The number of rotatable bonds is 6. The highest BCUT2D eigenvalue weighted by atomic mass is 16.5. The molecule has 2 aromatic carbocycles. The summed E-state index contributed by atoms with van der Waals surface area (Å²) in [5, 5.41) is 5.85. The summed E-state index contributed by atoms with van der Waals surface area (Å²) in [5.41, 5.74) is 4.71. The largest absolute Gasteiger partial charge is 0.368 e. The fraction of sp³-hybridized carbons (Fsp3) is 0.348. The summed E-state index contributed by atoms with van der Waals surface area (Å²) in [6.45, 7) is 5.02. The molecule has 3 aromatic rings. The number of benzene rings is 2. The minimum Gasteiger partial charge on any atom is -0.368 e. The third-order valence-corrected chi connectivity index (χ3v) is 5.47. The lowest BCUT2D eigenvalue weighted by molar-refractivity contribution is -0.130. The van der Waals surface area contributed by atoms with E-state index in [0.29, 0.717) is 12.4 Å². The first-order chi connectivity index (χ1) is 14.5. The molecule has 156 valence electrons. The average Bonchev–Trinajstić information content (AvgIpc) is 3.38. The molecule has 2 N–H and O–H groups in total. The lowest BCUT2D eigenvalue weighted by Crippen LogP contribution is -2.34. The Morgan fingerprint density at radius 1 is 1.17 bits per heavy atom. The van der Waals surface area contributed by atoms with E-state index >= 15 is 0 Å². The molecule has 1 atom stereocenters. The van der Waals surface area contributed by atoms with Crippen LogP contribution in [0.1, 0.15) is 29.8 Å². The number of hydrogen-bond acceptors (Lipinski definition) is 4. The van der Waals surface area contributed by atoms with Crippen molar-refractivity contribution >= 4 is 28.5 Å². The van der Waals surface area contributed by atoms with Crippen LogP contribution in [0.2, 0.25) is 0 Å². The lowest BCUT2D eigenvalue weighted by atomic mass is 10.1. The fourth-order valence-electron chi connectivity index (χ4n) is 3.66. The van der Waals surface area contributed by atoms with Gasteiger partial charge in [-0.05, 0) is 62.1 Å². The van der Waals surface area contributed by atoms with E-state index in [4.69, 9.17) is 4.74 Å². The minimum absolute atomic E-state index is 0.110. The number of ether oxygens (including phenoxy) is 1. The summed E-state index contributed by atoms with van der Waals surface area (Å²) in [6.07, 6.45) is 1.24. The fourth-order valence-corrected chi connectivity index (χ4v) is 3.66. The zero-order valence-electron chi connectivity index (χ0n) is 17.3. The van der Waals surface area contributed by atoms with E-state index in [0.717, 1.165) is 35.1 Å². The molecule has 1 aliphatic heterocycles. The quantitative estimate of drug-likeness (QED) is 0.659. The molecule has 1 unspecified atom stereocenters. The number of carbonyl (C=O) groups excluding carboxylic acids is 2. The van der Waals surface area contributed by atoms with Gasteiger partial charge in [-0.3, -0.25) is 9.59 Å². The van der Waals surface area contributed by atoms with Crippen molar-refractivity contribution in [3.05, 3.63) is 59.4 Å². The summed E-state index contributed by atoms with van der Waals surface area (Å²) >= 11 is 0. The molecule has 0 aliphatic carbocycles. The van der Waals surface area contributed by atoms with E-state index < -0.39 is 6.10 Å². The normalized spacial score (nSPS) is 16.0. The van der Waals surface area contributed by atoms with Gasteiger partial charge in [0, 0.05) is 12.3 Å². The van der Waals surface area contributed by atoms with Crippen molar-refractivity contribution in [3.8, 4) is 0 Å². The molecule has 2 amide bonds. The van der Waals surface area contributed by atoms with Crippen LogP contribution in [0.3, 0.4) is 0 Å². The SMILES string of the molecule is Cc1ccc(NC(=O)Cn2c(CNC(=O)C3CCCO3)nc3ccccc32)cc1C. The van der Waals surface area contributed by atoms with E-state index in [-0.39, 0.29) is 24.9 Å². The number of aromatic nitrogens is 2. The molecule has 0 radical (unpaired) electrons. The van der Waals surface area contributed by atoms with E-state index in [1.807, 2.05) is 60.9 Å². The van der Waals surface area contributed by atoms with Gasteiger partial charge in [0.1, 0.15) is 18.5 Å². The standard InChI is InChI=1S/C23H26N4O3/c1-15-9-10-17(12-16(15)2)25-22(28)14-27-19-7-4-3-6-18(19)26-21(27)13-24-23(29)20-8-5-11-30-20/h3-4,6-7,9-10,12,20H,5,8,11,13-14H2,1-2H3,(H,24,29)(H,25,28). The molecule has 0 bridgehead atoms. The van der Waals surface area contributed by atoms with Crippen LogP contribution in [0.25, 0.3) is 11.0 Å². The van der Waals surface area contributed by atoms with E-state index in [1.165, 1.54) is 5.56 Å². The molecule has 1 aromatic heterocycles. The van der Waals surface area contributed by atoms with Gasteiger partial charge < -0.3 is 19.9 Å². The topological polar surface area (TPSA) is 85.2 Å². The summed E-state index contributed by atoms with van der Waals surface area (Å²) in [7, 11) is 0. The maximum Gasteiger partial charge on any atom is 0.249 e. The monoisotopic (exact) mass is 406 g/mol. The molecular weight excluding hydrogens is 380 g/mol. The number of nitrogens with zero attached hydrogens (tertiary/aromatic N) is 2. The highest BCUT2D eigenvalue weighted by molar-refractivity contribution is 5.92. The minimum atomic E-state index is -0.393. The molecule has 1 saturated heterocycles. The second kappa shape index (κ2) is 8.67. The highest BCUT2D eigenvalue weighted by Gasteiger charge is 2.24. The second-order valence-corrected chi connectivity index (χ2v) is 7.67. The first-order valence-electron chi connectivity index (χ1n) is 10.2. The number of carbonyl (C=O) groups is 2. The van der Waals surface area contributed by atoms with Gasteiger partial charge in [-0.1, -0.05) is 18.2 Å². The molecular formula is C23H26N4O3. The lowest BCUT2D eigenvalue weighted by Gasteiger charge is -2.13. The molecule has 1 aliphatic rings. The van der Waals surface area contributed by atoms with Crippen molar-refractivity contribution in [1.82, 2.24) is 14.9 Å². The van der Waals surface area contributed by atoms with Gasteiger partial charge in [0.2, 0.25) is 11.8 Å². The van der Waals surface area contributed by atoms with Crippen molar-refractivity contribution < 1.29 is 14.3 Å². The number of imidazole rings is 1. The van der Waals surface area contributed by atoms with Gasteiger partial charge in [0.15, 0.2) is 0 Å². The molecule has 4 rings (SSSR count). The first kappa shape index (κ1) is 20.1. The third kappa shape index (κ3) is 4.36. The van der Waals surface area contributed by atoms with Gasteiger partial charge >= 0.3 is 0 Å². The number of para-hydroxylation sites is 2. The van der Waals surface area contributed by atoms with Crippen LogP contribution in [-0.2, 0) is 27.4 Å². The summed E-state index contributed by atoms with van der Waals surface area (Å²) in [5.74, 6) is 0.358. The number of anilines is 1. The first-order valence-corrected chi connectivity index (χ1v) is 10.2. The second-order valence-electron chi connectivity index (χ2n) is 7.67. The van der Waals surface area contributed by atoms with Gasteiger partial charge in [-0.25, -0.2) is 4.98 Å². The number of amides is 2. The molecule has 1 fully saturated rings. The summed E-state index contributed by atoms with van der Waals surface area (Å²) in [4.78, 5) is 29.7. The predicted octanol–water partition coefficient (Wildman–Crippen LogP) is 3.09. The van der Waals surface area contributed by atoms with Crippen molar-refractivity contribution in [2.24, 2.45) is 0 Å². The van der Waals surface area contributed by atoms with Crippen LogP contribution in [0.15, 0.2) is 42.5 Å². The number of nitrogens with one attached hydrogen (secondary N) is 2. The van der Waals surface area contributed by atoms with Gasteiger partial charge in [-0.2, -0.15) is 0 Å². The third-order valence-electron chi connectivity index (χ3n) is 5.47. The molecule has 0 saturated carbocycles. The number of aryl methyl sites for hydroxylation is 2. The Labute approximate surface area is 175 Å². The molecule has 7 nitrogen and oxygen atoms in total. The van der Waals surface area contributed by atoms with Crippen molar-refractivity contribution in [3.63, 3.8) is 0 Å². The van der Waals surface area contributed by atoms with Crippen LogP contribution < -0.4 is 10.6 Å². The molecule has 2 heterocycles. The molecule has 30 heavy (non-hydrogen) atoms. The van der Waals surface area contributed by atoms with Crippen molar-refractivity contribution in [2.75, 3.05) is 11.9 Å². The van der Waals surface area contributed by atoms with E-state index in [2.05, 4.69) is 15.6 Å². The van der Waals surface area contributed by atoms with Gasteiger partial charge in [0.05, 0.1) is 17.6 Å². The van der Waals surface area contributed by atoms with E-state index in [1.54, 1.807) is 0 Å². The Hall–Kier alpha value is -3.19. The maximum absolute atomic E-state index is 12.8. The van der Waals surface area contributed by atoms with Crippen LogP contribution in [0, 0.1) is 13.8 Å². The Kier molecular flexibility index (Phi) is 5.81. The van der Waals surface area contributed by atoms with Crippen molar-refractivity contribution in [1.29, 1.82) is 0 Å². The Morgan fingerprint density at radius 3 is 2.77 bits per heavy atom. The van der Waals surface area contributed by atoms with Crippen LogP contribution in [0.5, 0.6) is 0 Å². The summed E-state index contributed by atoms with van der Waals surface area (Å²) < 4.78 is 7.29. The van der Waals surface area contributed by atoms with Crippen LogP contribution >= 0.6 is 0 Å². The van der Waals surface area contributed by atoms with Crippen LogP contribution in [0.4, 0.5) is 5.69 Å². The Balaban J connectivity index is 1.51. The average molecular weight is 406 g/mol. The maximum atomic E-state index is 12.8. The number of fused-ring (bicyclic) bond motifs is 1. The predicted molar refractivity (Wildman–Crippen MR) is 115 cm³/mol. The summed E-state index contributed by atoms with van der Waals surface area (Å²) in [6, 6.07) is 13.5. The zero-order valence-corrected chi connectivity index (χ0v) is 17.3. The van der Waals surface area contributed by atoms with Crippen LogP contribution in [-0.4, -0.2) is 34.1 Å². The molecule has 7 heteroatoms.